The average Bonchev–Trinajstić information content (AvgIpc) is 1.88. The van der Waals surface area contributed by atoms with Crippen LogP contribution in [0, 0.1) is 28.1 Å². The molecule has 0 saturated heterocycles. The van der Waals surface area contributed by atoms with Crippen molar-refractivity contribution in [1.29, 1.82) is 0 Å². The molecule has 0 aliphatic heterocycles. The SMILES string of the molecule is O=[N+]([O-])c1c#cccc1F. The van der Waals surface area contributed by atoms with E-state index in [-0.39, 0.29) is 0 Å². The van der Waals surface area contributed by atoms with Crippen LogP contribution >= 0.6 is 0 Å². The number of hydrogen-bond donors (Lipinski definition) is 0. The summed E-state index contributed by atoms with van der Waals surface area (Å²) in [6.07, 6.45) is 0. The lowest BCUT2D eigenvalue weighted by Gasteiger charge is -1.85. The van der Waals surface area contributed by atoms with Crippen molar-refractivity contribution in [2.45, 2.75) is 0 Å². The molecule has 0 fully saturated rings. The molecule has 0 aliphatic rings. The zero-order valence-corrected chi connectivity index (χ0v) is 4.80. The molecule has 0 aliphatic carbocycles. The van der Waals surface area contributed by atoms with Crippen molar-refractivity contribution in [2.24, 2.45) is 0 Å². The number of rotatable bonds is 1. The molecule has 0 radical (unpaired) electrons. The van der Waals surface area contributed by atoms with E-state index in [1.165, 1.54) is 6.07 Å². The van der Waals surface area contributed by atoms with E-state index in [0.717, 1.165) is 6.07 Å². The van der Waals surface area contributed by atoms with Crippen molar-refractivity contribution >= 4 is 5.69 Å². The van der Waals surface area contributed by atoms with Crippen LogP contribution in [0.2, 0.25) is 0 Å². The van der Waals surface area contributed by atoms with Gasteiger partial charge in [-0.1, -0.05) is 6.07 Å². The van der Waals surface area contributed by atoms with Gasteiger partial charge in [-0.2, -0.15) is 4.39 Å². The van der Waals surface area contributed by atoms with Crippen molar-refractivity contribution in [3.8, 4) is 0 Å². The third-order valence-corrected chi connectivity index (χ3v) is 0.912. The second kappa shape index (κ2) is 2.31. The highest BCUT2D eigenvalue weighted by Gasteiger charge is 2.10. The first-order chi connectivity index (χ1) is 4.72. The van der Waals surface area contributed by atoms with Crippen molar-refractivity contribution < 1.29 is 9.31 Å². The highest BCUT2D eigenvalue weighted by atomic mass is 19.1. The molecule has 1 rings (SSSR count). The summed E-state index contributed by atoms with van der Waals surface area (Å²) in [5.41, 5.74) is -0.664. The molecular formula is C6H2FNO2. The van der Waals surface area contributed by atoms with Gasteiger partial charge in [0.1, 0.15) is 0 Å². The molecule has 10 heavy (non-hydrogen) atoms. The molecule has 0 unspecified atom stereocenters. The lowest BCUT2D eigenvalue weighted by molar-refractivity contribution is -0.387. The topological polar surface area (TPSA) is 43.1 Å². The fourth-order valence-corrected chi connectivity index (χ4v) is 0.496. The first-order valence-electron chi connectivity index (χ1n) is 2.44. The quantitative estimate of drug-likeness (QED) is 0.435. The number of nitro groups is 1. The van der Waals surface area contributed by atoms with Gasteiger partial charge in [0, 0.05) is 6.07 Å². The number of nitrogens with zero attached hydrogens (tertiary/aromatic N) is 1. The Morgan fingerprint density at radius 1 is 1.70 bits per heavy atom. The van der Waals surface area contributed by atoms with Crippen LogP contribution in [0.15, 0.2) is 12.1 Å². The summed E-state index contributed by atoms with van der Waals surface area (Å²) in [6.45, 7) is 0. The van der Waals surface area contributed by atoms with E-state index in [9.17, 15) is 14.5 Å². The minimum atomic E-state index is -0.885. The van der Waals surface area contributed by atoms with Gasteiger partial charge in [0.25, 0.3) is 0 Å². The smallest absolute Gasteiger partial charge is 0.258 e. The van der Waals surface area contributed by atoms with Gasteiger partial charge in [-0.25, -0.2) is 0 Å². The molecule has 3 nitrogen and oxygen atoms in total. The molecule has 0 saturated carbocycles. The van der Waals surface area contributed by atoms with E-state index in [4.69, 9.17) is 0 Å². The molecule has 1 aromatic carbocycles. The van der Waals surface area contributed by atoms with E-state index >= 15 is 0 Å². The van der Waals surface area contributed by atoms with Crippen molar-refractivity contribution in [3.05, 3.63) is 40.2 Å². The standard InChI is InChI=1S/C6H2FNO2/c7-5-3-1-2-4-6(5)8(9)10/h1,3H. The Morgan fingerprint density at radius 3 is 2.80 bits per heavy atom. The predicted molar refractivity (Wildman–Crippen MR) is 30.7 cm³/mol. The predicted octanol–water partition coefficient (Wildman–Crippen LogP) is 1.33. The van der Waals surface area contributed by atoms with E-state index in [2.05, 4.69) is 6.07 Å². The van der Waals surface area contributed by atoms with Gasteiger partial charge in [0.15, 0.2) is 0 Å². The highest BCUT2D eigenvalue weighted by molar-refractivity contribution is 5.24. The molecule has 0 atom stereocenters. The van der Waals surface area contributed by atoms with Crippen LogP contribution in [-0.2, 0) is 0 Å². The molecule has 1 aromatic rings. The van der Waals surface area contributed by atoms with Crippen LogP contribution in [0.3, 0.4) is 0 Å². The van der Waals surface area contributed by atoms with Crippen molar-refractivity contribution in [2.75, 3.05) is 0 Å². The molecule has 50 valence electrons. The van der Waals surface area contributed by atoms with Gasteiger partial charge in [0.05, 0.1) is 4.92 Å². The Labute approximate surface area is 56.2 Å². The summed E-state index contributed by atoms with van der Waals surface area (Å²) >= 11 is 0. The largest absolute Gasteiger partial charge is 0.355 e. The average molecular weight is 139 g/mol. The van der Waals surface area contributed by atoms with Gasteiger partial charge in [-0.15, -0.1) is 0 Å². The fourth-order valence-electron chi connectivity index (χ4n) is 0.496. The van der Waals surface area contributed by atoms with Crippen LogP contribution in [-0.4, -0.2) is 4.92 Å². The molecule has 0 amide bonds. The lowest BCUT2D eigenvalue weighted by atomic mass is 10.4. The minimum absolute atomic E-state index is 0.664. The summed E-state index contributed by atoms with van der Waals surface area (Å²) in [4.78, 5) is 9.09. The Kier molecular flexibility index (Phi) is 1.50. The second-order valence-corrected chi connectivity index (χ2v) is 1.56. The van der Waals surface area contributed by atoms with Crippen molar-refractivity contribution in [3.63, 3.8) is 0 Å². The maximum absolute atomic E-state index is 12.3. The maximum Gasteiger partial charge on any atom is 0.355 e. The summed E-state index contributed by atoms with van der Waals surface area (Å²) < 4.78 is 12.3. The summed E-state index contributed by atoms with van der Waals surface area (Å²) in [7, 11) is 0. The molecule has 0 heterocycles. The first-order valence-corrected chi connectivity index (χ1v) is 2.44. The third kappa shape index (κ3) is 1.03. The first kappa shape index (κ1) is 6.49. The summed E-state index contributed by atoms with van der Waals surface area (Å²) in [6, 6.07) is 6.50. The Balaban J connectivity index is 3.15. The second-order valence-electron chi connectivity index (χ2n) is 1.56. The van der Waals surface area contributed by atoms with Crippen LogP contribution in [0.5, 0.6) is 0 Å². The van der Waals surface area contributed by atoms with E-state index in [0.29, 0.717) is 0 Å². The van der Waals surface area contributed by atoms with Crippen LogP contribution in [0.4, 0.5) is 10.1 Å². The van der Waals surface area contributed by atoms with Gasteiger partial charge in [-0.3, -0.25) is 10.1 Å². The number of hydrogen-bond acceptors (Lipinski definition) is 2. The summed E-state index contributed by atoms with van der Waals surface area (Å²) in [5.74, 6) is -0.885. The Morgan fingerprint density at radius 2 is 2.40 bits per heavy atom. The lowest BCUT2D eigenvalue weighted by Crippen LogP contribution is -1.89. The molecule has 0 bridgehead atoms. The zero-order chi connectivity index (χ0) is 7.56. The fraction of sp³-hybridized carbons (Fsp3) is 0. The van der Waals surface area contributed by atoms with Crippen LogP contribution < -0.4 is 0 Å². The molecular weight excluding hydrogens is 137 g/mol. The van der Waals surface area contributed by atoms with Crippen LogP contribution in [0.25, 0.3) is 0 Å². The van der Waals surface area contributed by atoms with Gasteiger partial charge >= 0.3 is 5.69 Å². The highest BCUT2D eigenvalue weighted by Crippen LogP contribution is 2.10. The molecule has 0 spiro atoms. The zero-order valence-electron chi connectivity index (χ0n) is 4.80. The molecule has 4 heteroatoms. The Bertz CT molecular complexity index is 262. The normalized spacial score (nSPS) is 8.50. The van der Waals surface area contributed by atoms with E-state index < -0.39 is 16.4 Å². The molecule has 0 aromatic heterocycles. The van der Waals surface area contributed by atoms with Gasteiger partial charge in [0.2, 0.25) is 5.82 Å². The summed E-state index contributed by atoms with van der Waals surface area (Å²) in [5, 5.41) is 9.94. The van der Waals surface area contributed by atoms with E-state index in [1.54, 1.807) is 0 Å². The van der Waals surface area contributed by atoms with Gasteiger partial charge < -0.3 is 0 Å². The monoisotopic (exact) mass is 139 g/mol. The molecule has 0 N–H and O–H groups in total. The Hall–Kier alpha value is -1.63. The van der Waals surface area contributed by atoms with Crippen molar-refractivity contribution in [1.82, 2.24) is 0 Å². The van der Waals surface area contributed by atoms with Gasteiger partial charge in [-0.05, 0) is 12.1 Å². The van der Waals surface area contributed by atoms with Crippen LogP contribution in [0.1, 0.15) is 0 Å². The maximum atomic E-state index is 12.3. The minimum Gasteiger partial charge on any atom is -0.258 e. The third-order valence-electron chi connectivity index (χ3n) is 0.912. The van der Waals surface area contributed by atoms with E-state index in [1.807, 2.05) is 6.07 Å². The number of halogens is 1.